The minimum atomic E-state index is 0.0484. The van der Waals surface area contributed by atoms with Crippen LogP contribution in [0.25, 0.3) is 0 Å². The van der Waals surface area contributed by atoms with E-state index in [1.54, 1.807) is 23.5 Å². The molecule has 0 aliphatic carbocycles. The molecule has 0 N–H and O–H groups in total. The molecule has 0 spiro atoms. The van der Waals surface area contributed by atoms with Gasteiger partial charge in [-0.3, -0.25) is 4.79 Å². The van der Waals surface area contributed by atoms with Gasteiger partial charge in [-0.05, 0) is 39.5 Å². The molecule has 2 nitrogen and oxygen atoms in total. The molecule has 16 heavy (non-hydrogen) atoms. The fourth-order valence-corrected chi connectivity index (χ4v) is 2.84. The number of hydrogen-bond donors (Lipinski definition) is 0. The average molecular weight is 317 g/mol. The number of carbonyl (C=O) groups is 1. The van der Waals surface area contributed by atoms with Crippen LogP contribution < -0.4 is 0 Å². The third-order valence-electron chi connectivity index (χ3n) is 2.06. The molecule has 5 heteroatoms. The van der Waals surface area contributed by atoms with Crippen LogP contribution in [0.15, 0.2) is 34.2 Å². The van der Waals surface area contributed by atoms with Gasteiger partial charge in [-0.15, -0.1) is 11.3 Å². The maximum absolute atomic E-state index is 11.9. The number of nitrogens with zero attached hydrogens (tertiary/aromatic N) is 1. The van der Waals surface area contributed by atoms with Crippen LogP contribution in [0.2, 0.25) is 5.15 Å². The standard InChI is InChI=1S/C11H7BrClNOS/c12-8-3-4-16-10(8)5-9(15)7-1-2-11(13)14-6-7/h1-4,6H,5H2. The van der Waals surface area contributed by atoms with E-state index in [0.717, 1.165) is 9.35 Å². The number of carbonyl (C=O) groups excluding carboxylic acids is 1. The average Bonchev–Trinajstić information content (AvgIpc) is 2.65. The molecule has 2 aromatic rings. The molecule has 82 valence electrons. The van der Waals surface area contributed by atoms with Crippen LogP contribution in [-0.2, 0) is 6.42 Å². The van der Waals surface area contributed by atoms with Gasteiger partial charge in [0, 0.05) is 27.5 Å². The Kier molecular flexibility index (Phi) is 3.74. The fraction of sp³-hybridized carbons (Fsp3) is 0.0909. The second-order valence-electron chi connectivity index (χ2n) is 3.16. The Morgan fingerprint density at radius 1 is 1.44 bits per heavy atom. The molecule has 0 fully saturated rings. The summed E-state index contributed by atoms with van der Waals surface area (Å²) in [7, 11) is 0. The van der Waals surface area contributed by atoms with E-state index in [1.807, 2.05) is 11.4 Å². The Morgan fingerprint density at radius 3 is 2.81 bits per heavy atom. The highest BCUT2D eigenvalue weighted by molar-refractivity contribution is 9.10. The molecule has 0 aliphatic rings. The van der Waals surface area contributed by atoms with Crippen LogP contribution >= 0.6 is 38.9 Å². The van der Waals surface area contributed by atoms with E-state index in [1.165, 1.54) is 6.20 Å². The minimum absolute atomic E-state index is 0.0484. The van der Waals surface area contributed by atoms with Crippen LogP contribution in [0.3, 0.4) is 0 Å². The predicted octanol–water partition coefficient (Wildman–Crippen LogP) is 3.98. The SMILES string of the molecule is O=C(Cc1sccc1Br)c1ccc(Cl)nc1. The first kappa shape index (κ1) is 11.8. The molecule has 0 aliphatic heterocycles. The fourth-order valence-electron chi connectivity index (χ4n) is 1.24. The van der Waals surface area contributed by atoms with Gasteiger partial charge in [-0.1, -0.05) is 11.6 Å². The van der Waals surface area contributed by atoms with E-state index in [-0.39, 0.29) is 5.78 Å². The lowest BCUT2D eigenvalue weighted by atomic mass is 10.1. The van der Waals surface area contributed by atoms with Crippen molar-refractivity contribution in [3.05, 3.63) is 49.8 Å². The van der Waals surface area contributed by atoms with Crippen molar-refractivity contribution in [2.75, 3.05) is 0 Å². The first-order valence-corrected chi connectivity index (χ1v) is 6.58. The molecule has 2 heterocycles. The molecule has 0 amide bonds. The molecular weight excluding hydrogens is 310 g/mol. The first-order valence-electron chi connectivity index (χ1n) is 4.53. The second kappa shape index (κ2) is 5.08. The summed E-state index contributed by atoms with van der Waals surface area (Å²) in [4.78, 5) is 16.8. The Morgan fingerprint density at radius 2 is 2.25 bits per heavy atom. The topological polar surface area (TPSA) is 30.0 Å². The van der Waals surface area contributed by atoms with Crippen molar-refractivity contribution in [1.82, 2.24) is 4.98 Å². The molecule has 0 bridgehead atoms. The quantitative estimate of drug-likeness (QED) is 0.633. The van der Waals surface area contributed by atoms with E-state index < -0.39 is 0 Å². The number of ketones is 1. The van der Waals surface area contributed by atoms with Crippen LogP contribution in [0.4, 0.5) is 0 Å². The molecule has 2 rings (SSSR count). The van der Waals surface area contributed by atoms with Crippen molar-refractivity contribution in [3.63, 3.8) is 0 Å². The second-order valence-corrected chi connectivity index (χ2v) is 5.40. The van der Waals surface area contributed by atoms with Gasteiger partial charge in [-0.25, -0.2) is 4.98 Å². The number of pyridine rings is 1. The summed E-state index contributed by atoms with van der Waals surface area (Å²) < 4.78 is 0.979. The molecule has 0 aromatic carbocycles. The van der Waals surface area contributed by atoms with Crippen LogP contribution in [0.1, 0.15) is 15.2 Å². The molecule has 0 radical (unpaired) electrons. The normalized spacial score (nSPS) is 10.4. The van der Waals surface area contributed by atoms with Crippen LogP contribution in [-0.4, -0.2) is 10.8 Å². The highest BCUT2D eigenvalue weighted by atomic mass is 79.9. The van der Waals surface area contributed by atoms with Crippen molar-refractivity contribution in [2.24, 2.45) is 0 Å². The number of Topliss-reactive ketones (excluding diaryl/α,β-unsaturated/α-hetero) is 1. The van der Waals surface area contributed by atoms with Gasteiger partial charge >= 0.3 is 0 Å². The summed E-state index contributed by atoms with van der Waals surface area (Å²) in [5, 5.41) is 2.35. The Balaban J connectivity index is 2.15. The third-order valence-corrected chi connectivity index (χ3v) is 4.21. The molecule has 0 unspecified atom stereocenters. The summed E-state index contributed by atoms with van der Waals surface area (Å²) in [6.45, 7) is 0. The number of aromatic nitrogens is 1. The highest BCUT2D eigenvalue weighted by Crippen LogP contribution is 2.24. The number of thiophene rings is 1. The summed E-state index contributed by atoms with van der Waals surface area (Å²) in [5.74, 6) is 0.0484. The van der Waals surface area contributed by atoms with Gasteiger partial charge in [-0.2, -0.15) is 0 Å². The van der Waals surface area contributed by atoms with Gasteiger partial charge < -0.3 is 0 Å². The van der Waals surface area contributed by atoms with Crippen molar-refractivity contribution < 1.29 is 4.79 Å². The van der Waals surface area contributed by atoms with E-state index >= 15 is 0 Å². The zero-order valence-corrected chi connectivity index (χ0v) is 11.3. The lowest BCUT2D eigenvalue weighted by molar-refractivity contribution is 0.0993. The summed E-state index contributed by atoms with van der Waals surface area (Å²) in [6.07, 6.45) is 1.90. The number of hydrogen-bond acceptors (Lipinski definition) is 3. The first-order chi connectivity index (χ1) is 7.66. The Hall–Kier alpha value is -0.710. The highest BCUT2D eigenvalue weighted by Gasteiger charge is 2.10. The van der Waals surface area contributed by atoms with Gasteiger partial charge in [0.15, 0.2) is 5.78 Å². The largest absolute Gasteiger partial charge is 0.294 e. The lowest BCUT2D eigenvalue weighted by Gasteiger charge is -1.99. The maximum atomic E-state index is 11.9. The van der Waals surface area contributed by atoms with Gasteiger partial charge in [0.05, 0.1) is 0 Å². The molecular formula is C11H7BrClNOS. The summed E-state index contributed by atoms with van der Waals surface area (Å²) in [5.41, 5.74) is 0.588. The minimum Gasteiger partial charge on any atom is -0.294 e. The van der Waals surface area contributed by atoms with Crippen molar-refractivity contribution in [2.45, 2.75) is 6.42 Å². The Labute approximate surface area is 110 Å². The van der Waals surface area contributed by atoms with Gasteiger partial charge in [0.2, 0.25) is 0 Å². The van der Waals surface area contributed by atoms with Crippen molar-refractivity contribution >= 4 is 44.7 Å². The zero-order valence-electron chi connectivity index (χ0n) is 8.11. The van der Waals surface area contributed by atoms with E-state index in [9.17, 15) is 4.79 Å². The summed E-state index contributed by atoms with van der Waals surface area (Å²) >= 11 is 10.6. The monoisotopic (exact) mass is 315 g/mol. The van der Waals surface area contributed by atoms with E-state index in [4.69, 9.17) is 11.6 Å². The molecule has 0 atom stereocenters. The van der Waals surface area contributed by atoms with E-state index in [0.29, 0.717) is 17.1 Å². The van der Waals surface area contributed by atoms with Crippen LogP contribution in [0, 0.1) is 0 Å². The number of halogens is 2. The van der Waals surface area contributed by atoms with Crippen molar-refractivity contribution in [1.29, 1.82) is 0 Å². The van der Waals surface area contributed by atoms with Gasteiger partial charge in [0.1, 0.15) is 5.15 Å². The molecule has 2 aromatic heterocycles. The van der Waals surface area contributed by atoms with Gasteiger partial charge in [0.25, 0.3) is 0 Å². The van der Waals surface area contributed by atoms with Crippen molar-refractivity contribution in [3.8, 4) is 0 Å². The molecule has 0 saturated heterocycles. The van der Waals surface area contributed by atoms with Crippen LogP contribution in [0.5, 0.6) is 0 Å². The number of rotatable bonds is 3. The third kappa shape index (κ3) is 2.70. The summed E-state index contributed by atoms with van der Waals surface area (Å²) in [6, 6.07) is 5.25. The lowest BCUT2D eigenvalue weighted by Crippen LogP contribution is -2.02. The maximum Gasteiger partial charge on any atom is 0.169 e. The zero-order chi connectivity index (χ0) is 11.5. The molecule has 0 saturated carbocycles. The predicted molar refractivity (Wildman–Crippen MR) is 69.3 cm³/mol. The Bertz CT molecular complexity index is 509. The van der Waals surface area contributed by atoms with E-state index in [2.05, 4.69) is 20.9 Å². The smallest absolute Gasteiger partial charge is 0.169 e.